The van der Waals surface area contributed by atoms with Crippen molar-refractivity contribution in [2.24, 2.45) is 5.73 Å². The van der Waals surface area contributed by atoms with Gasteiger partial charge in [-0.3, -0.25) is 9.69 Å². The molecule has 21 heavy (non-hydrogen) atoms. The number of nitriles is 1. The van der Waals surface area contributed by atoms with E-state index < -0.39 is 11.7 Å². The number of carbonyl (C=O) groups excluding carboxylic acids is 1. The summed E-state index contributed by atoms with van der Waals surface area (Å²) in [6.45, 7) is 2.37. The van der Waals surface area contributed by atoms with E-state index in [4.69, 9.17) is 11.0 Å². The molecule has 0 atom stereocenters. The molecular formula is C15H19FN4O. The van der Waals surface area contributed by atoms with Gasteiger partial charge in [-0.1, -0.05) is 6.07 Å². The van der Waals surface area contributed by atoms with E-state index in [2.05, 4.69) is 5.32 Å². The standard InChI is InChI=1S/C15H19FN4O/c16-13-2-1-11(12(7-13)8-17)9-20(10-15(18)21)14-3-5-19-6-4-14/h1-2,7,14,19H,3-6,9-10H2,(H2,18,21). The van der Waals surface area contributed by atoms with Gasteiger partial charge in [-0.2, -0.15) is 5.26 Å². The third kappa shape index (κ3) is 4.25. The van der Waals surface area contributed by atoms with Gasteiger partial charge in [-0.25, -0.2) is 4.39 Å². The first-order chi connectivity index (χ1) is 10.1. The maximum Gasteiger partial charge on any atom is 0.231 e. The third-order valence-corrected chi connectivity index (χ3v) is 3.75. The number of benzene rings is 1. The van der Waals surface area contributed by atoms with Crippen LogP contribution in [0.5, 0.6) is 0 Å². The molecule has 1 aromatic carbocycles. The lowest BCUT2D eigenvalue weighted by molar-refractivity contribution is -0.120. The Kier molecular flexibility index (Phi) is 5.26. The van der Waals surface area contributed by atoms with Crippen LogP contribution in [0.25, 0.3) is 0 Å². The van der Waals surface area contributed by atoms with Gasteiger partial charge in [0.1, 0.15) is 5.82 Å². The molecule has 1 fully saturated rings. The Morgan fingerprint density at radius 3 is 2.81 bits per heavy atom. The molecule has 0 aromatic heterocycles. The molecule has 1 aromatic rings. The van der Waals surface area contributed by atoms with Crippen molar-refractivity contribution in [2.75, 3.05) is 19.6 Å². The number of hydrogen-bond acceptors (Lipinski definition) is 4. The average molecular weight is 290 g/mol. The van der Waals surface area contributed by atoms with Crippen molar-refractivity contribution < 1.29 is 9.18 Å². The quantitative estimate of drug-likeness (QED) is 0.838. The maximum atomic E-state index is 13.2. The zero-order chi connectivity index (χ0) is 15.2. The first kappa shape index (κ1) is 15.4. The number of amides is 1. The number of carbonyl (C=O) groups is 1. The van der Waals surface area contributed by atoms with Gasteiger partial charge in [-0.05, 0) is 43.6 Å². The summed E-state index contributed by atoms with van der Waals surface area (Å²) in [7, 11) is 0. The van der Waals surface area contributed by atoms with E-state index in [9.17, 15) is 9.18 Å². The van der Waals surface area contributed by atoms with Gasteiger partial charge in [0, 0.05) is 12.6 Å². The predicted molar refractivity (Wildman–Crippen MR) is 76.6 cm³/mol. The molecule has 112 valence electrons. The van der Waals surface area contributed by atoms with E-state index in [0.29, 0.717) is 12.1 Å². The van der Waals surface area contributed by atoms with Gasteiger partial charge in [0.15, 0.2) is 0 Å². The second-order valence-corrected chi connectivity index (χ2v) is 5.27. The lowest BCUT2D eigenvalue weighted by Gasteiger charge is -2.34. The molecule has 1 saturated heterocycles. The van der Waals surface area contributed by atoms with E-state index >= 15 is 0 Å². The lowest BCUT2D eigenvalue weighted by Crippen LogP contribution is -2.46. The van der Waals surface area contributed by atoms with Crippen molar-refractivity contribution in [1.29, 1.82) is 5.26 Å². The van der Waals surface area contributed by atoms with Crippen LogP contribution >= 0.6 is 0 Å². The Labute approximate surface area is 123 Å². The minimum atomic E-state index is -0.432. The Hall–Kier alpha value is -1.97. The van der Waals surface area contributed by atoms with Crippen LogP contribution in [0, 0.1) is 17.1 Å². The fourth-order valence-electron chi connectivity index (χ4n) is 2.70. The molecule has 1 heterocycles. The van der Waals surface area contributed by atoms with E-state index in [-0.39, 0.29) is 12.6 Å². The summed E-state index contributed by atoms with van der Waals surface area (Å²) in [5, 5.41) is 12.4. The van der Waals surface area contributed by atoms with E-state index in [0.717, 1.165) is 31.5 Å². The molecule has 3 N–H and O–H groups in total. The largest absolute Gasteiger partial charge is 0.369 e. The highest BCUT2D eigenvalue weighted by molar-refractivity contribution is 5.76. The zero-order valence-corrected chi connectivity index (χ0v) is 11.8. The number of nitrogens with one attached hydrogen (secondary N) is 1. The second-order valence-electron chi connectivity index (χ2n) is 5.27. The summed E-state index contributed by atoms with van der Waals surface area (Å²) in [5.74, 6) is -0.826. The molecule has 1 amide bonds. The van der Waals surface area contributed by atoms with Crippen LogP contribution in [-0.2, 0) is 11.3 Å². The Bertz CT molecular complexity index is 549. The molecular weight excluding hydrogens is 271 g/mol. The summed E-state index contributed by atoms with van der Waals surface area (Å²) in [6.07, 6.45) is 1.85. The molecule has 0 bridgehead atoms. The number of primary amides is 1. The van der Waals surface area contributed by atoms with Crippen LogP contribution in [0.15, 0.2) is 18.2 Å². The maximum absolute atomic E-state index is 13.2. The van der Waals surface area contributed by atoms with Crippen LogP contribution in [0.4, 0.5) is 4.39 Å². The molecule has 6 heteroatoms. The summed E-state index contributed by atoms with van der Waals surface area (Å²) in [6, 6.07) is 6.41. The van der Waals surface area contributed by atoms with Gasteiger partial charge in [0.25, 0.3) is 0 Å². The van der Waals surface area contributed by atoms with Crippen molar-refractivity contribution >= 4 is 5.91 Å². The molecule has 5 nitrogen and oxygen atoms in total. The summed E-state index contributed by atoms with van der Waals surface area (Å²) in [4.78, 5) is 13.3. The first-order valence-electron chi connectivity index (χ1n) is 7.01. The number of halogens is 1. The van der Waals surface area contributed by atoms with Crippen molar-refractivity contribution in [1.82, 2.24) is 10.2 Å². The highest BCUT2D eigenvalue weighted by Gasteiger charge is 2.23. The molecule has 0 unspecified atom stereocenters. The number of hydrogen-bond donors (Lipinski definition) is 2. The van der Waals surface area contributed by atoms with Gasteiger partial charge in [-0.15, -0.1) is 0 Å². The van der Waals surface area contributed by atoms with Gasteiger partial charge in [0.2, 0.25) is 5.91 Å². The molecule has 2 rings (SSSR count). The average Bonchev–Trinajstić information content (AvgIpc) is 2.48. The fraction of sp³-hybridized carbons (Fsp3) is 0.467. The minimum absolute atomic E-state index is 0.146. The Morgan fingerprint density at radius 1 is 1.48 bits per heavy atom. The molecule has 0 aliphatic carbocycles. The monoisotopic (exact) mass is 290 g/mol. The fourth-order valence-corrected chi connectivity index (χ4v) is 2.70. The van der Waals surface area contributed by atoms with Crippen LogP contribution in [-0.4, -0.2) is 36.5 Å². The first-order valence-corrected chi connectivity index (χ1v) is 7.01. The van der Waals surface area contributed by atoms with Crippen molar-refractivity contribution in [3.8, 4) is 6.07 Å². The second kappa shape index (κ2) is 7.16. The number of piperidine rings is 1. The van der Waals surface area contributed by atoms with Gasteiger partial charge in [0.05, 0.1) is 18.2 Å². The third-order valence-electron chi connectivity index (χ3n) is 3.75. The van der Waals surface area contributed by atoms with Crippen LogP contribution in [0.1, 0.15) is 24.0 Å². The van der Waals surface area contributed by atoms with Crippen molar-refractivity contribution in [2.45, 2.75) is 25.4 Å². The summed E-state index contributed by atoms with van der Waals surface area (Å²) in [5.41, 5.74) is 6.35. The Balaban J connectivity index is 2.18. The predicted octanol–water partition coefficient (Wildman–Crippen LogP) is 0.737. The summed E-state index contributed by atoms with van der Waals surface area (Å²) < 4.78 is 13.2. The number of nitrogens with two attached hydrogens (primary N) is 1. The van der Waals surface area contributed by atoms with Crippen LogP contribution in [0.2, 0.25) is 0 Å². The number of rotatable bonds is 5. The topological polar surface area (TPSA) is 82.2 Å². The lowest BCUT2D eigenvalue weighted by atomic mass is 10.0. The zero-order valence-electron chi connectivity index (χ0n) is 11.8. The van der Waals surface area contributed by atoms with Gasteiger partial charge < -0.3 is 11.1 Å². The van der Waals surface area contributed by atoms with Crippen molar-refractivity contribution in [3.63, 3.8) is 0 Å². The molecule has 1 aliphatic heterocycles. The van der Waals surface area contributed by atoms with Gasteiger partial charge >= 0.3 is 0 Å². The molecule has 0 saturated carbocycles. The highest BCUT2D eigenvalue weighted by atomic mass is 19.1. The molecule has 0 radical (unpaired) electrons. The smallest absolute Gasteiger partial charge is 0.231 e. The summed E-state index contributed by atoms with van der Waals surface area (Å²) >= 11 is 0. The minimum Gasteiger partial charge on any atom is -0.369 e. The van der Waals surface area contributed by atoms with Crippen LogP contribution < -0.4 is 11.1 Å². The highest BCUT2D eigenvalue weighted by Crippen LogP contribution is 2.18. The van der Waals surface area contributed by atoms with E-state index in [1.807, 2.05) is 11.0 Å². The molecule has 0 spiro atoms. The number of nitrogens with zero attached hydrogens (tertiary/aromatic N) is 2. The molecule has 1 aliphatic rings. The van der Waals surface area contributed by atoms with Crippen LogP contribution in [0.3, 0.4) is 0 Å². The van der Waals surface area contributed by atoms with Crippen molar-refractivity contribution in [3.05, 3.63) is 35.1 Å². The Morgan fingerprint density at radius 2 is 2.19 bits per heavy atom. The SMILES string of the molecule is N#Cc1cc(F)ccc1CN(CC(N)=O)C1CCNCC1. The van der Waals surface area contributed by atoms with E-state index in [1.54, 1.807) is 6.07 Å². The van der Waals surface area contributed by atoms with E-state index in [1.165, 1.54) is 12.1 Å². The normalized spacial score (nSPS) is 15.9.